The van der Waals surface area contributed by atoms with Crippen LogP contribution in [0.15, 0.2) is 12.1 Å². The minimum absolute atomic E-state index is 1.03. The van der Waals surface area contributed by atoms with Gasteiger partial charge in [-0.2, -0.15) is 0 Å². The summed E-state index contributed by atoms with van der Waals surface area (Å²) in [7, 11) is 0. The zero-order valence-electron chi connectivity index (χ0n) is 11.1. The van der Waals surface area contributed by atoms with Crippen LogP contribution in [0.25, 0.3) is 0 Å². The van der Waals surface area contributed by atoms with E-state index in [2.05, 4.69) is 33.8 Å². The summed E-state index contributed by atoms with van der Waals surface area (Å²) in [6.45, 7) is 14.3. The molecule has 1 radical (unpaired) electrons. The van der Waals surface area contributed by atoms with Crippen LogP contribution in [0.2, 0.25) is 0 Å². The second kappa shape index (κ2) is 5.89. The first kappa shape index (κ1) is 13.0. The lowest BCUT2D eigenvalue weighted by molar-refractivity contribution is 0.741. The third-order valence-corrected chi connectivity index (χ3v) is 3.57. The second-order valence-electron chi connectivity index (χ2n) is 4.72. The number of unbranched alkanes of at least 4 members (excludes halogenated alkanes) is 2. The Morgan fingerprint density at radius 2 is 1.56 bits per heavy atom. The maximum absolute atomic E-state index is 5.39. The van der Waals surface area contributed by atoms with Crippen molar-refractivity contribution in [3.8, 4) is 0 Å². The van der Waals surface area contributed by atoms with E-state index in [4.69, 9.17) is 6.58 Å². The Balaban J connectivity index is 2.81. The Kier molecular flexibility index (Phi) is 4.79. The van der Waals surface area contributed by atoms with E-state index >= 15 is 0 Å². The fourth-order valence-corrected chi connectivity index (χ4v) is 2.24. The number of hydrogen-bond donors (Lipinski definition) is 0. The van der Waals surface area contributed by atoms with Gasteiger partial charge in [0, 0.05) is 0 Å². The monoisotopic (exact) mass is 215 g/mol. The normalized spacial score (nSPS) is 10.5. The molecule has 0 heteroatoms. The maximum atomic E-state index is 5.39. The highest BCUT2D eigenvalue weighted by molar-refractivity contribution is 5.43. The van der Waals surface area contributed by atoms with Crippen LogP contribution >= 0.6 is 0 Å². The fraction of sp³-hybridized carbons (Fsp3) is 0.500. The summed E-state index contributed by atoms with van der Waals surface area (Å²) in [5.74, 6) is 0. The van der Waals surface area contributed by atoms with E-state index in [0.717, 1.165) is 6.42 Å². The van der Waals surface area contributed by atoms with Gasteiger partial charge in [-0.1, -0.05) is 18.7 Å². The lowest BCUT2D eigenvalue weighted by atomic mass is 9.91. The lowest BCUT2D eigenvalue weighted by Gasteiger charge is -2.15. The van der Waals surface area contributed by atoms with Gasteiger partial charge in [-0.3, -0.25) is 0 Å². The summed E-state index contributed by atoms with van der Waals surface area (Å²) in [6, 6.07) is 2.29. The van der Waals surface area contributed by atoms with E-state index < -0.39 is 0 Å². The van der Waals surface area contributed by atoms with Crippen LogP contribution in [-0.4, -0.2) is 0 Å². The predicted molar refractivity (Wildman–Crippen MR) is 71.8 cm³/mol. The molecule has 1 aromatic carbocycles. The molecule has 1 aromatic rings. The Hall–Kier alpha value is -1.04. The molecule has 16 heavy (non-hydrogen) atoms. The Morgan fingerprint density at radius 3 is 2.06 bits per heavy atom. The fourth-order valence-electron chi connectivity index (χ4n) is 2.24. The third kappa shape index (κ3) is 2.98. The van der Waals surface area contributed by atoms with Crippen LogP contribution in [0, 0.1) is 34.3 Å². The topological polar surface area (TPSA) is 0 Å². The summed E-state index contributed by atoms with van der Waals surface area (Å²) >= 11 is 0. The van der Waals surface area contributed by atoms with Gasteiger partial charge >= 0.3 is 0 Å². The van der Waals surface area contributed by atoms with Gasteiger partial charge in [0.05, 0.1) is 0 Å². The second-order valence-corrected chi connectivity index (χ2v) is 4.72. The molecule has 0 amide bonds. The van der Waals surface area contributed by atoms with Gasteiger partial charge in [0.1, 0.15) is 0 Å². The average molecular weight is 215 g/mol. The van der Waals surface area contributed by atoms with Crippen LogP contribution in [0.5, 0.6) is 0 Å². The molecule has 1 rings (SSSR count). The molecule has 0 N–H and O–H groups in total. The van der Waals surface area contributed by atoms with Crippen molar-refractivity contribution in [2.24, 2.45) is 0 Å². The average Bonchev–Trinajstić information content (AvgIpc) is 2.25. The quantitative estimate of drug-likeness (QED) is 0.629. The maximum Gasteiger partial charge on any atom is -0.0273 e. The summed E-state index contributed by atoms with van der Waals surface area (Å²) in [4.78, 5) is 0. The highest BCUT2D eigenvalue weighted by Gasteiger charge is 2.07. The molecule has 0 aliphatic carbocycles. The van der Waals surface area contributed by atoms with Crippen LogP contribution in [0.1, 0.15) is 47.1 Å². The number of allylic oxidation sites excluding steroid dienone is 1. The third-order valence-electron chi connectivity index (χ3n) is 3.57. The van der Waals surface area contributed by atoms with Gasteiger partial charge in [0.15, 0.2) is 0 Å². The molecule has 0 aliphatic rings. The van der Waals surface area contributed by atoms with E-state index in [9.17, 15) is 0 Å². The highest BCUT2D eigenvalue weighted by atomic mass is 14.1. The minimum Gasteiger partial charge on any atom is -0.0845 e. The summed E-state index contributed by atoms with van der Waals surface area (Å²) < 4.78 is 0. The molecule has 0 aliphatic heterocycles. The molecule has 0 bridgehead atoms. The van der Waals surface area contributed by atoms with Crippen molar-refractivity contribution in [1.29, 1.82) is 0 Å². The SMILES string of the molecule is [CH]=CCCCCc1c(C)c(C)cc(C)c1C. The van der Waals surface area contributed by atoms with Gasteiger partial charge < -0.3 is 0 Å². The van der Waals surface area contributed by atoms with Crippen molar-refractivity contribution in [3.05, 3.63) is 46.5 Å². The Morgan fingerprint density at radius 1 is 1.00 bits per heavy atom. The molecule has 0 spiro atoms. The van der Waals surface area contributed by atoms with Gasteiger partial charge in [-0.15, -0.1) is 0 Å². The number of aryl methyl sites for hydroxylation is 2. The molecule has 0 unspecified atom stereocenters. The van der Waals surface area contributed by atoms with Gasteiger partial charge in [0.2, 0.25) is 0 Å². The number of benzene rings is 1. The van der Waals surface area contributed by atoms with Crippen molar-refractivity contribution < 1.29 is 0 Å². The Bertz CT molecular complexity index is 346. The van der Waals surface area contributed by atoms with Gasteiger partial charge in [-0.25, -0.2) is 0 Å². The largest absolute Gasteiger partial charge is 0.0845 e. The molecule has 87 valence electrons. The smallest absolute Gasteiger partial charge is 0.0273 e. The van der Waals surface area contributed by atoms with Crippen LogP contribution in [-0.2, 0) is 6.42 Å². The van der Waals surface area contributed by atoms with Crippen LogP contribution in [0.3, 0.4) is 0 Å². The van der Waals surface area contributed by atoms with Gasteiger partial charge in [-0.05, 0) is 81.2 Å². The standard InChI is InChI=1S/C16H23/c1-6-7-8-9-10-16-14(4)12(2)11-13(3)15(16)5/h1,6,11H,7-10H2,2-5H3. The zero-order chi connectivity index (χ0) is 12.1. The van der Waals surface area contributed by atoms with E-state index in [1.54, 1.807) is 11.6 Å². The molecule has 0 nitrogen and oxygen atoms in total. The molecular formula is C16H23. The molecule has 0 saturated heterocycles. The lowest BCUT2D eigenvalue weighted by Crippen LogP contribution is -1.99. The van der Waals surface area contributed by atoms with Crippen LogP contribution < -0.4 is 0 Å². The number of rotatable bonds is 5. The van der Waals surface area contributed by atoms with Crippen molar-refractivity contribution in [2.75, 3.05) is 0 Å². The van der Waals surface area contributed by atoms with Crippen LogP contribution in [0.4, 0.5) is 0 Å². The van der Waals surface area contributed by atoms with Crippen molar-refractivity contribution in [2.45, 2.75) is 53.4 Å². The van der Waals surface area contributed by atoms with Crippen molar-refractivity contribution >= 4 is 0 Å². The van der Waals surface area contributed by atoms with E-state index in [1.165, 1.54) is 41.5 Å². The minimum atomic E-state index is 1.03. The van der Waals surface area contributed by atoms with Gasteiger partial charge in [0.25, 0.3) is 0 Å². The molecule has 0 atom stereocenters. The molecular weight excluding hydrogens is 192 g/mol. The van der Waals surface area contributed by atoms with Crippen molar-refractivity contribution in [1.82, 2.24) is 0 Å². The first-order valence-corrected chi connectivity index (χ1v) is 6.17. The number of hydrogen-bond acceptors (Lipinski definition) is 0. The van der Waals surface area contributed by atoms with E-state index in [0.29, 0.717) is 0 Å². The van der Waals surface area contributed by atoms with E-state index in [1.807, 2.05) is 0 Å². The molecule has 0 fully saturated rings. The summed E-state index contributed by atoms with van der Waals surface area (Å²) in [5, 5.41) is 0. The molecule has 0 aromatic heterocycles. The van der Waals surface area contributed by atoms with Crippen molar-refractivity contribution in [3.63, 3.8) is 0 Å². The highest BCUT2D eigenvalue weighted by Crippen LogP contribution is 2.23. The molecule has 0 heterocycles. The summed E-state index contributed by atoms with van der Waals surface area (Å²) in [6.07, 6.45) is 6.42. The first-order valence-electron chi connectivity index (χ1n) is 6.17. The Labute approximate surface area is 100 Å². The zero-order valence-corrected chi connectivity index (χ0v) is 11.1. The summed E-state index contributed by atoms with van der Waals surface area (Å²) in [5.41, 5.74) is 7.33. The van der Waals surface area contributed by atoms with E-state index in [-0.39, 0.29) is 0 Å². The molecule has 0 saturated carbocycles. The first-order chi connectivity index (χ1) is 7.57. The predicted octanol–water partition coefficient (Wildman–Crippen LogP) is 4.62.